The molecule has 13 heavy (non-hydrogen) atoms. The van der Waals surface area contributed by atoms with Gasteiger partial charge in [-0.25, -0.2) is 0 Å². The van der Waals surface area contributed by atoms with Crippen molar-refractivity contribution in [1.29, 1.82) is 0 Å². The summed E-state index contributed by atoms with van der Waals surface area (Å²) in [4.78, 5) is 0. The maximum Gasteiger partial charge on any atom is 0.0106 e. The Hall–Kier alpha value is 0.440. The fourth-order valence-corrected chi connectivity index (χ4v) is 5.86. The molecule has 0 nitrogen and oxygen atoms in total. The van der Waals surface area contributed by atoms with E-state index in [9.17, 15) is 0 Å². The Labute approximate surface area is 89.3 Å². The van der Waals surface area contributed by atoms with Gasteiger partial charge in [-0.1, -0.05) is 47.6 Å². The average Bonchev–Trinajstić information content (AvgIpc) is 2.17. The average molecular weight is 214 g/mol. The lowest BCUT2D eigenvalue weighted by atomic mass is 9.64. The smallest absolute Gasteiger partial charge is 0.0106 e. The van der Waals surface area contributed by atoms with E-state index in [2.05, 4.69) is 47.6 Å². The lowest BCUT2D eigenvalue weighted by Gasteiger charge is -2.47. The van der Waals surface area contributed by atoms with Crippen molar-refractivity contribution in [2.24, 2.45) is 17.3 Å². The van der Waals surface area contributed by atoms with Gasteiger partial charge in [0.25, 0.3) is 0 Å². The van der Waals surface area contributed by atoms with Gasteiger partial charge in [0.2, 0.25) is 0 Å². The second kappa shape index (κ2) is 3.90. The molecule has 2 unspecified atom stereocenters. The molecule has 1 aliphatic carbocycles. The van der Waals surface area contributed by atoms with Crippen LogP contribution in [0.3, 0.4) is 0 Å². The van der Waals surface area contributed by atoms with E-state index in [1.165, 1.54) is 24.3 Å². The zero-order chi connectivity index (χ0) is 9.31. The summed E-state index contributed by atoms with van der Waals surface area (Å²) in [7, 11) is 4.15. The van der Waals surface area contributed by atoms with E-state index in [-0.39, 0.29) is 0 Å². The monoisotopic (exact) mass is 214 g/mol. The van der Waals surface area contributed by atoms with Crippen molar-refractivity contribution in [3.63, 3.8) is 0 Å². The third-order valence-corrected chi connectivity index (χ3v) is 6.27. The van der Waals surface area contributed by atoms with Crippen molar-refractivity contribution in [3.8, 4) is 0 Å². The summed E-state index contributed by atoms with van der Waals surface area (Å²) >= 11 is 0. The lowest BCUT2D eigenvalue weighted by molar-refractivity contribution is 0.143. The van der Waals surface area contributed by atoms with Crippen LogP contribution in [0.2, 0.25) is 0 Å². The highest BCUT2D eigenvalue weighted by molar-refractivity contribution is 8.76. The highest BCUT2D eigenvalue weighted by Crippen LogP contribution is 2.53. The van der Waals surface area contributed by atoms with E-state index < -0.39 is 0 Å². The molecule has 1 aliphatic heterocycles. The van der Waals surface area contributed by atoms with Gasteiger partial charge < -0.3 is 0 Å². The molecule has 0 N–H and O–H groups in total. The molecule has 1 saturated heterocycles. The summed E-state index contributed by atoms with van der Waals surface area (Å²) in [5.41, 5.74) is 0.630. The maximum absolute atomic E-state index is 2.48. The Morgan fingerprint density at radius 2 is 2.23 bits per heavy atom. The van der Waals surface area contributed by atoms with Crippen LogP contribution in [0.5, 0.6) is 0 Å². The topological polar surface area (TPSA) is 0 Å². The molecule has 74 valence electrons. The number of fused-ring (bicyclic) bond motifs is 1. The molecule has 2 aliphatic rings. The molecule has 0 spiro atoms. The van der Waals surface area contributed by atoms with Gasteiger partial charge in [-0.15, -0.1) is 0 Å². The Morgan fingerprint density at radius 1 is 1.38 bits per heavy atom. The van der Waals surface area contributed by atoms with Crippen molar-refractivity contribution in [3.05, 3.63) is 12.2 Å². The minimum Gasteiger partial charge on any atom is -0.0935 e. The zero-order valence-electron chi connectivity index (χ0n) is 8.45. The van der Waals surface area contributed by atoms with Crippen LogP contribution >= 0.6 is 21.6 Å². The molecule has 0 aromatic carbocycles. The van der Waals surface area contributed by atoms with Crippen LogP contribution in [0.4, 0.5) is 0 Å². The minimum absolute atomic E-state index is 0.630. The highest BCUT2D eigenvalue weighted by atomic mass is 33.1. The van der Waals surface area contributed by atoms with Gasteiger partial charge in [0.15, 0.2) is 0 Å². The van der Waals surface area contributed by atoms with E-state index in [1.807, 2.05) is 0 Å². The fourth-order valence-electron chi connectivity index (χ4n) is 2.55. The summed E-state index contributed by atoms with van der Waals surface area (Å²) in [5.74, 6) is 4.40. The molecule has 0 aromatic rings. The molecule has 1 heterocycles. The first kappa shape index (κ1) is 9.97. The molecular weight excluding hydrogens is 196 g/mol. The molecule has 0 radical (unpaired) electrons. The normalized spacial score (nSPS) is 39.2. The Kier molecular flexibility index (Phi) is 2.99. The van der Waals surface area contributed by atoms with Crippen LogP contribution in [0, 0.1) is 17.3 Å². The first-order valence-electron chi connectivity index (χ1n) is 5.17. The second-order valence-corrected chi connectivity index (χ2v) is 7.02. The maximum atomic E-state index is 2.48. The third kappa shape index (κ3) is 1.68. The van der Waals surface area contributed by atoms with Gasteiger partial charge in [0, 0.05) is 11.5 Å². The van der Waals surface area contributed by atoms with E-state index in [0.717, 1.165) is 11.8 Å². The molecule has 1 fully saturated rings. The summed E-state index contributed by atoms with van der Waals surface area (Å²) in [5, 5.41) is 0. The van der Waals surface area contributed by atoms with Gasteiger partial charge in [0.1, 0.15) is 0 Å². The van der Waals surface area contributed by atoms with Gasteiger partial charge in [0.05, 0.1) is 0 Å². The van der Waals surface area contributed by atoms with Crippen molar-refractivity contribution >= 4 is 21.6 Å². The first-order valence-corrected chi connectivity index (χ1v) is 7.65. The molecule has 2 atom stereocenters. The van der Waals surface area contributed by atoms with Gasteiger partial charge in [-0.2, -0.15) is 0 Å². The molecule has 0 amide bonds. The summed E-state index contributed by atoms with van der Waals surface area (Å²) in [6, 6.07) is 0. The number of rotatable bonds is 1. The van der Waals surface area contributed by atoms with E-state index in [0.29, 0.717) is 5.41 Å². The second-order valence-electron chi connectivity index (χ2n) is 4.51. The van der Waals surface area contributed by atoms with Gasteiger partial charge in [-0.3, -0.25) is 0 Å². The molecule has 0 aromatic heterocycles. The number of hydrogen-bond donors (Lipinski definition) is 0. The van der Waals surface area contributed by atoms with Crippen molar-refractivity contribution in [1.82, 2.24) is 0 Å². The fraction of sp³-hybridized carbons (Fsp3) is 0.818. The van der Waals surface area contributed by atoms with Crippen molar-refractivity contribution in [2.45, 2.75) is 26.7 Å². The van der Waals surface area contributed by atoms with Crippen LogP contribution in [0.15, 0.2) is 12.2 Å². The minimum atomic E-state index is 0.630. The van der Waals surface area contributed by atoms with Crippen LogP contribution in [-0.2, 0) is 0 Å². The van der Waals surface area contributed by atoms with E-state index >= 15 is 0 Å². The standard InChI is InChI=1S/C11H18S2/c1-9(2)11-6-4-3-5-10(11)7-12-13-8-11/h3,5,9-10H,4,6-8H2,1-2H3. The number of allylic oxidation sites excluding steroid dienone is 2. The predicted octanol–water partition coefficient (Wildman–Crippen LogP) is 3.99. The molecular formula is C11H18S2. The first-order chi connectivity index (χ1) is 6.26. The van der Waals surface area contributed by atoms with Crippen LogP contribution in [-0.4, -0.2) is 11.5 Å². The van der Waals surface area contributed by atoms with E-state index in [1.54, 1.807) is 0 Å². The van der Waals surface area contributed by atoms with Gasteiger partial charge in [-0.05, 0) is 30.1 Å². The zero-order valence-corrected chi connectivity index (χ0v) is 10.1. The quantitative estimate of drug-likeness (QED) is 0.478. The predicted molar refractivity (Wildman–Crippen MR) is 64.1 cm³/mol. The highest BCUT2D eigenvalue weighted by Gasteiger charge is 2.43. The lowest BCUT2D eigenvalue weighted by Crippen LogP contribution is -2.41. The van der Waals surface area contributed by atoms with Crippen LogP contribution < -0.4 is 0 Å². The molecule has 2 rings (SSSR count). The summed E-state index contributed by atoms with van der Waals surface area (Å²) in [6.45, 7) is 4.81. The summed E-state index contributed by atoms with van der Waals surface area (Å²) in [6.07, 6.45) is 7.59. The largest absolute Gasteiger partial charge is 0.0935 e. The van der Waals surface area contributed by atoms with E-state index in [4.69, 9.17) is 0 Å². The van der Waals surface area contributed by atoms with Crippen molar-refractivity contribution < 1.29 is 0 Å². The van der Waals surface area contributed by atoms with Crippen molar-refractivity contribution in [2.75, 3.05) is 11.5 Å². The SMILES string of the molecule is CC(C)C12CCC=CC1CSSC2. The van der Waals surface area contributed by atoms with Crippen LogP contribution in [0.1, 0.15) is 26.7 Å². The Balaban J connectivity index is 2.23. The molecule has 0 bridgehead atoms. The van der Waals surface area contributed by atoms with Gasteiger partial charge >= 0.3 is 0 Å². The third-order valence-electron chi connectivity index (χ3n) is 3.69. The molecule has 0 saturated carbocycles. The Bertz CT molecular complexity index is 210. The van der Waals surface area contributed by atoms with Crippen LogP contribution in [0.25, 0.3) is 0 Å². The Morgan fingerprint density at radius 3 is 2.92 bits per heavy atom. The number of hydrogen-bond acceptors (Lipinski definition) is 2. The molecule has 2 heteroatoms. The summed E-state index contributed by atoms with van der Waals surface area (Å²) < 4.78 is 0.